The van der Waals surface area contributed by atoms with Gasteiger partial charge in [-0.1, -0.05) is 0 Å². The molecule has 1 unspecified atom stereocenters. The van der Waals surface area contributed by atoms with Gasteiger partial charge in [-0.05, 0) is 64.1 Å². The standard InChI is InChI=1S/C14H20N4S/c1-10-5-6-12-13(15-10)18(14(19)16-12)9-11(2)17-7-3-4-8-17/h5-6,11H,3-4,7-9H2,1-2H3,(H,16,19). The van der Waals surface area contributed by atoms with Crippen molar-refractivity contribution in [1.29, 1.82) is 0 Å². The van der Waals surface area contributed by atoms with E-state index in [1.165, 1.54) is 25.9 Å². The molecule has 3 rings (SSSR count). The van der Waals surface area contributed by atoms with Gasteiger partial charge in [0, 0.05) is 18.3 Å². The number of nitrogens with zero attached hydrogens (tertiary/aromatic N) is 3. The van der Waals surface area contributed by atoms with E-state index in [0.717, 1.165) is 28.2 Å². The highest BCUT2D eigenvalue weighted by atomic mass is 32.1. The number of H-pyrrole nitrogens is 1. The molecule has 1 aliphatic heterocycles. The van der Waals surface area contributed by atoms with Gasteiger partial charge in [0.15, 0.2) is 10.4 Å². The summed E-state index contributed by atoms with van der Waals surface area (Å²) in [6.07, 6.45) is 2.64. The van der Waals surface area contributed by atoms with Gasteiger partial charge in [0.1, 0.15) is 0 Å². The molecule has 0 amide bonds. The second kappa shape index (κ2) is 5.06. The van der Waals surface area contributed by atoms with Crippen LogP contribution in [0.2, 0.25) is 0 Å². The normalized spacial score (nSPS) is 18.2. The van der Waals surface area contributed by atoms with Gasteiger partial charge < -0.3 is 4.98 Å². The van der Waals surface area contributed by atoms with Gasteiger partial charge in [0.05, 0.1) is 5.52 Å². The van der Waals surface area contributed by atoms with E-state index in [-0.39, 0.29) is 0 Å². The summed E-state index contributed by atoms with van der Waals surface area (Å²) < 4.78 is 2.92. The molecule has 1 aliphatic rings. The Morgan fingerprint density at radius 2 is 2.11 bits per heavy atom. The average Bonchev–Trinajstić information content (AvgIpc) is 2.99. The summed E-state index contributed by atoms with van der Waals surface area (Å²) in [5.41, 5.74) is 3.05. The van der Waals surface area contributed by atoms with Crippen LogP contribution in [0.3, 0.4) is 0 Å². The van der Waals surface area contributed by atoms with Crippen LogP contribution in [0.1, 0.15) is 25.5 Å². The lowest BCUT2D eigenvalue weighted by Gasteiger charge is -2.24. The zero-order valence-electron chi connectivity index (χ0n) is 11.5. The van der Waals surface area contributed by atoms with Crippen molar-refractivity contribution in [3.63, 3.8) is 0 Å². The summed E-state index contributed by atoms with van der Waals surface area (Å²) in [5.74, 6) is 0. The fourth-order valence-corrected chi connectivity index (χ4v) is 3.13. The summed E-state index contributed by atoms with van der Waals surface area (Å²) in [4.78, 5) is 10.4. The Hall–Kier alpha value is -1.20. The van der Waals surface area contributed by atoms with Crippen LogP contribution in [0.4, 0.5) is 0 Å². The summed E-state index contributed by atoms with van der Waals surface area (Å²) >= 11 is 5.44. The quantitative estimate of drug-likeness (QED) is 0.876. The number of rotatable bonds is 3. The molecule has 4 nitrogen and oxygen atoms in total. The Kier molecular flexibility index (Phi) is 3.41. The van der Waals surface area contributed by atoms with Gasteiger partial charge in [-0.2, -0.15) is 0 Å². The zero-order chi connectivity index (χ0) is 13.4. The summed E-state index contributed by atoms with van der Waals surface area (Å²) in [6.45, 7) is 7.63. The van der Waals surface area contributed by atoms with Crippen molar-refractivity contribution in [2.24, 2.45) is 0 Å². The molecule has 3 heterocycles. The predicted molar refractivity (Wildman–Crippen MR) is 79.9 cm³/mol. The Morgan fingerprint density at radius 3 is 2.84 bits per heavy atom. The minimum absolute atomic E-state index is 0.510. The first-order chi connectivity index (χ1) is 9.15. The monoisotopic (exact) mass is 276 g/mol. The Labute approximate surface area is 118 Å². The van der Waals surface area contributed by atoms with E-state index in [2.05, 4.69) is 32.4 Å². The molecule has 1 fully saturated rings. The highest BCUT2D eigenvalue weighted by Crippen LogP contribution is 2.17. The number of aromatic nitrogens is 3. The van der Waals surface area contributed by atoms with Crippen molar-refractivity contribution in [3.8, 4) is 0 Å². The van der Waals surface area contributed by atoms with E-state index in [1.807, 2.05) is 13.0 Å². The number of imidazole rings is 1. The third-order valence-corrected chi connectivity index (χ3v) is 4.29. The van der Waals surface area contributed by atoms with Crippen LogP contribution in [0.15, 0.2) is 12.1 Å². The second-order valence-corrected chi connectivity index (χ2v) is 5.84. The molecule has 1 N–H and O–H groups in total. The lowest BCUT2D eigenvalue weighted by molar-refractivity contribution is 0.236. The van der Waals surface area contributed by atoms with Gasteiger partial charge in [0.2, 0.25) is 0 Å². The molecular formula is C14H20N4S. The zero-order valence-corrected chi connectivity index (χ0v) is 12.3. The number of fused-ring (bicyclic) bond motifs is 1. The highest BCUT2D eigenvalue weighted by molar-refractivity contribution is 7.71. The lowest BCUT2D eigenvalue weighted by Crippen LogP contribution is -2.33. The molecule has 0 radical (unpaired) electrons. The molecule has 2 aromatic rings. The van der Waals surface area contributed by atoms with E-state index in [4.69, 9.17) is 12.2 Å². The van der Waals surface area contributed by atoms with Crippen LogP contribution in [0.5, 0.6) is 0 Å². The first-order valence-corrected chi connectivity index (χ1v) is 7.36. The number of pyridine rings is 1. The van der Waals surface area contributed by atoms with E-state index < -0.39 is 0 Å². The number of nitrogens with one attached hydrogen (secondary N) is 1. The molecule has 0 aliphatic carbocycles. The minimum atomic E-state index is 0.510. The fourth-order valence-electron chi connectivity index (χ4n) is 2.86. The minimum Gasteiger partial charge on any atom is -0.329 e. The largest absolute Gasteiger partial charge is 0.329 e. The Morgan fingerprint density at radius 1 is 1.37 bits per heavy atom. The van der Waals surface area contributed by atoms with E-state index in [9.17, 15) is 0 Å². The van der Waals surface area contributed by atoms with Crippen molar-refractivity contribution < 1.29 is 0 Å². The third-order valence-electron chi connectivity index (χ3n) is 3.97. The average molecular weight is 276 g/mol. The highest BCUT2D eigenvalue weighted by Gasteiger charge is 2.19. The van der Waals surface area contributed by atoms with Gasteiger partial charge in [0.25, 0.3) is 0 Å². The molecule has 1 atom stereocenters. The predicted octanol–water partition coefficient (Wildman–Crippen LogP) is 2.89. The Balaban J connectivity index is 1.93. The number of likely N-dealkylation sites (tertiary alicyclic amines) is 1. The van der Waals surface area contributed by atoms with Gasteiger partial charge >= 0.3 is 0 Å². The smallest absolute Gasteiger partial charge is 0.179 e. The summed E-state index contributed by atoms with van der Waals surface area (Å²) in [7, 11) is 0. The van der Waals surface area contributed by atoms with Crippen molar-refractivity contribution in [3.05, 3.63) is 22.6 Å². The van der Waals surface area contributed by atoms with E-state index >= 15 is 0 Å². The topological polar surface area (TPSA) is 36.9 Å². The molecular weight excluding hydrogens is 256 g/mol. The molecule has 1 saturated heterocycles. The lowest BCUT2D eigenvalue weighted by atomic mass is 10.3. The maximum Gasteiger partial charge on any atom is 0.179 e. The molecule has 2 aromatic heterocycles. The van der Waals surface area contributed by atoms with Crippen molar-refractivity contribution in [2.45, 2.75) is 39.3 Å². The fraction of sp³-hybridized carbons (Fsp3) is 0.571. The third kappa shape index (κ3) is 2.44. The SMILES string of the molecule is Cc1ccc2[nH]c(=S)n(CC(C)N3CCCC3)c2n1. The number of aromatic amines is 1. The van der Waals surface area contributed by atoms with E-state index in [1.54, 1.807) is 0 Å². The van der Waals surface area contributed by atoms with Crippen LogP contribution in [0, 0.1) is 11.7 Å². The molecule has 102 valence electrons. The van der Waals surface area contributed by atoms with Crippen LogP contribution in [-0.4, -0.2) is 38.6 Å². The second-order valence-electron chi connectivity index (χ2n) is 5.46. The van der Waals surface area contributed by atoms with Gasteiger partial charge in [-0.3, -0.25) is 9.47 Å². The number of aryl methyl sites for hydroxylation is 1. The Bertz CT molecular complexity index is 636. The van der Waals surface area contributed by atoms with Crippen LogP contribution in [0.25, 0.3) is 11.2 Å². The van der Waals surface area contributed by atoms with Crippen molar-refractivity contribution in [1.82, 2.24) is 19.4 Å². The molecule has 0 bridgehead atoms. The van der Waals surface area contributed by atoms with Crippen molar-refractivity contribution in [2.75, 3.05) is 13.1 Å². The van der Waals surface area contributed by atoms with Gasteiger partial charge in [-0.25, -0.2) is 4.98 Å². The molecule has 19 heavy (non-hydrogen) atoms. The van der Waals surface area contributed by atoms with Crippen LogP contribution < -0.4 is 0 Å². The van der Waals surface area contributed by atoms with Crippen molar-refractivity contribution >= 4 is 23.4 Å². The first kappa shape index (κ1) is 12.8. The number of hydrogen-bond donors (Lipinski definition) is 1. The van der Waals surface area contributed by atoms with Gasteiger partial charge in [-0.15, -0.1) is 0 Å². The van der Waals surface area contributed by atoms with E-state index in [0.29, 0.717) is 6.04 Å². The van der Waals surface area contributed by atoms with Crippen LogP contribution >= 0.6 is 12.2 Å². The van der Waals surface area contributed by atoms with Crippen LogP contribution in [-0.2, 0) is 6.54 Å². The maximum atomic E-state index is 5.44. The molecule has 5 heteroatoms. The first-order valence-electron chi connectivity index (χ1n) is 6.95. The molecule has 0 spiro atoms. The molecule has 0 saturated carbocycles. The number of hydrogen-bond acceptors (Lipinski definition) is 3. The molecule has 0 aromatic carbocycles. The maximum absolute atomic E-state index is 5.44. The summed E-state index contributed by atoms with van der Waals surface area (Å²) in [6, 6.07) is 4.59. The summed E-state index contributed by atoms with van der Waals surface area (Å²) in [5, 5.41) is 0.